The molecule has 0 unspecified atom stereocenters. The molecule has 0 aromatic rings. The molecule has 0 atom stereocenters. The molecule has 92 valence electrons. The van der Waals surface area contributed by atoms with Crippen molar-refractivity contribution in [2.75, 3.05) is 0 Å². The molecule has 2 aliphatic rings. The molecular weight excluding hydrogens is 198 g/mol. The van der Waals surface area contributed by atoms with Crippen LogP contribution in [0.2, 0.25) is 0 Å². The van der Waals surface area contributed by atoms with Crippen molar-refractivity contribution in [1.82, 2.24) is 5.43 Å². The van der Waals surface area contributed by atoms with Crippen molar-refractivity contribution >= 4 is 5.84 Å². The zero-order chi connectivity index (χ0) is 11.2. The Morgan fingerprint density at radius 2 is 1.62 bits per heavy atom. The zero-order valence-corrected chi connectivity index (χ0v) is 10.3. The fraction of sp³-hybridized carbons (Fsp3) is 0.923. The molecule has 2 rings (SSSR count). The van der Waals surface area contributed by atoms with E-state index < -0.39 is 0 Å². The number of hydrogen-bond acceptors (Lipinski definition) is 2. The molecule has 0 amide bonds. The second-order valence-electron chi connectivity index (χ2n) is 5.37. The summed E-state index contributed by atoms with van der Waals surface area (Å²) in [6.07, 6.45) is 13.2. The minimum atomic E-state index is 0.551. The molecule has 0 radical (unpaired) electrons. The van der Waals surface area contributed by atoms with Crippen molar-refractivity contribution in [2.24, 2.45) is 16.8 Å². The summed E-state index contributed by atoms with van der Waals surface area (Å²) >= 11 is 0. The first kappa shape index (κ1) is 11.9. The normalized spacial score (nSPS) is 24.9. The lowest BCUT2D eigenvalue weighted by Crippen LogP contribution is -2.33. The van der Waals surface area contributed by atoms with E-state index in [2.05, 4.69) is 5.43 Å². The summed E-state index contributed by atoms with van der Waals surface area (Å²) in [5, 5.41) is 0. The molecule has 2 fully saturated rings. The first-order chi connectivity index (χ1) is 7.88. The van der Waals surface area contributed by atoms with Crippen LogP contribution in [0.5, 0.6) is 0 Å². The highest BCUT2D eigenvalue weighted by Crippen LogP contribution is 2.27. The Labute approximate surface area is 98.9 Å². The Kier molecular flexibility index (Phi) is 4.64. The number of nitrogens with one attached hydrogen (secondary N) is 1. The molecule has 0 saturated heterocycles. The minimum absolute atomic E-state index is 0.551. The van der Waals surface area contributed by atoms with Crippen molar-refractivity contribution in [3.05, 3.63) is 0 Å². The molecule has 0 aromatic carbocycles. The standard InChI is InChI=1S/C13H25N3/c14-16-13(15-12-8-4-5-9-12)10-11-6-2-1-3-7-11/h11-12H,1-10,14H2,(H,15,16). The minimum Gasteiger partial charge on any atom is -0.312 e. The van der Waals surface area contributed by atoms with E-state index in [0.29, 0.717) is 6.04 Å². The molecule has 16 heavy (non-hydrogen) atoms. The average Bonchev–Trinajstić information content (AvgIpc) is 2.82. The van der Waals surface area contributed by atoms with Gasteiger partial charge in [-0.05, 0) is 18.8 Å². The van der Waals surface area contributed by atoms with E-state index in [1.54, 1.807) is 0 Å². The first-order valence-corrected chi connectivity index (χ1v) is 6.92. The topological polar surface area (TPSA) is 50.4 Å². The zero-order valence-electron chi connectivity index (χ0n) is 10.3. The van der Waals surface area contributed by atoms with Crippen LogP contribution < -0.4 is 11.3 Å². The van der Waals surface area contributed by atoms with Crippen molar-refractivity contribution < 1.29 is 0 Å². The number of amidine groups is 1. The monoisotopic (exact) mass is 223 g/mol. The second-order valence-corrected chi connectivity index (χ2v) is 5.37. The van der Waals surface area contributed by atoms with Crippen LogP contribution in [0, 0.1) is 5.92 Å². The summed E-state index contributed by atoms with van der Waals surface area (Å²) in [7, 11) is 0. The molecule has 3 heteroatoms. The van der Waals surface area contributed by atoms with Crippen LogP contribution in [0.25, 0.3) is 0 Å². The van der Waals surface area contributed by atoms with Gasteiger partial charge in [-0.15, -0.1) is 0 Å². The lowest BCUT2D eigenvalue weighted by Gasteiger charge is -2.22. The summed E-state index contributed by atoms with van der Waals surface area (Å²) in [6.45, 7) is 0. The Balaban J connectivity index is 1.83. The first-order valence-electron chi connectivity index (χ1n) is 6.92. The lowest BCUT2D eigenvalue weighted by molar-refractivity contribution is 0.365. The van der Waals surface area contributed by atoms with Gasteiger partial charge in [-0.2, -0.15) is 0 Å². The molecule has 0 spiro atoms. The number of nitrogens with zero attached hydrogens (tertiary/aromatic N) is 1. The fourth-order valence-corrected chi connectivity index (χ4v) is 3.07. The largest absolute Gasteiger partial charge is 0.312 e. The summed E-state index contributed by atoms with van der Waals surface area (Å²) in [4.78, 5) is 4.77. The maximum Gasteiger partial charge on any atom is 0.111 e. The summed E-state index contributed by atoms with van der Waals surface area (Å²) in [5.41, 5.74) is 2.83. The van der Waals surface area contributed by atoms with Crippen LogP contribution in [0.4, 0.5) is 0 Å². The highest BCUT2D eigenvalue weighted by Gasteiger charge is 2.18. The number of aliphatic imine (C=N–C) groups is 1. The Bertz CT molecular complexity index is 225. The molecule has 0 heterocycles. The van der Waals surface area contributed by atoms with Gasteiger partial charge in [-0.25, -0.2) is 5.84 Å². The smallest absolute Gasteiger partial charge is 0.111 e. The summed E-state index contributed by atoms with van der Waals surface area (Å²) < 4.78 is 0. The Morgan fingerprint density at radius 1 is 1.00 bits per heavy atom. The van der Waals surface area contributed by atoms with Crippen molar-refractivity contribution in [3.8, 4) is 0 Å². The van der Waals surface area contributed by atoms with E-state index in [1.807, 2.05) is 0 Å². The van der Waals surface area contributed by atoms with E-state index in [9.17, 15) is 0 Å². The molecule has 0 aliphatic heterocycles. The molecule has 3 nitrogen and oxygen atoms in total. The summed E-state index contributed by atoms with van der Waals surface area (Å²) in [6, 6.07) is 0.551. The molecule has 0 bridgehead atoms. The van der Waals surface area contributed by atoms with Crippen LogP contribution in [0.15, 0.2) is 4.99 Å². The third kappa shape index (κ3) is 3.48. The van der Waals surface area contributed by atoms with Crippen LogP contribution in [-0.4, -0.2) is 11.9 Å². The lowest BCUT2D eigenvalue weighted by atomic mass is 9.87. The molecule has 3 N–H and O–H groups in total. The van der Waals surface area contributed by atoms with E-state index in [1.165, 1.54) is 57.8 Å². The van der Waals surface area contributed by atoms with E-state index in [0.717, 1.165) is 18.2 Å². The van der Waals surface area contributed by atoms with Gasteiger partial charge in [0.15, 0.2) is 0 Å². The highest BCUT2D eigenvalue weighted by atomic mass is 15.3. The highest BCUT2D eigenvalue weighted by molar-refractivity contribution is 5.82. The third-order valence-corrected chi connectivity index (χ3v) is 4.04. The third-order valence-electron chi connectivity index (χ3n) is 4.04. The van der Waals surface area contributed by atoms with Gasteiger partial charge in [-0.3, -0.25) is 4.99 Å². The average molecular weight is 223 g/mol. The SMILES string of the molecule is NNC(CC1CCCCC1)=NC1CCCC1. The van der Waals surface area contributed by atoms with Gasteiger partial charge in [0.2, 0.25) is 0 Å². The van der Waals surface area contributed by atoms with Gasteiger partial charge in [0.25, 0.3) is 0 Å². The van der Waals surface area contributed by atoms with Crippen LogP contribution in [-0.2, 0) is 0 Å². The number of rotatable bonds is 3. The van der Waals surface area contributed by atoms with E-state index in [4.69, 9.17) is 10.8 Å². The molecule has 2 saturated carbocycles. The number of hydrogen-bond donors (Lipinski definition) is 2. The maximum atomic E-state index is 5.59. The van der Waals surface area contributed by atoms with Gasteiger partial charge < -0.3 is 5.43 Å². The van der Waals surface area contributed by atoms with Gasteiger partial charge >= 0.3 is 0 Å². The second kappa shape index (κ2) is 6.24. The molecular formula is C13H25N3. The van der Waals surface area contributed by atoms with Gasteiger partial charge in [0.05, 0.1) is 6.04 Å². The number of nitrogens with two attached hydrogens (primary N) is 1. The van der Waals surface area contributed by atoms with Gasteiger partial charge in [-0.1, -0.05) is 44.9 Å². The predicted molar refractivity (Wildman–Crippen MR) is 68.2 cm³/mol. The van der Waals surface area contributed by atoms with Crippen LogP contribution in [0.3, 0.4) is 0 Å². The van der Waals surface area contributed by atoms with Crippen molar-refractivity contribution in [3.63, 3.8) is 0 Å². The predicted octanol–water partition coefficient (Wildman–Crippen LogP) is 2.76. The van der Waals surface area contributed by atoms with Gasteiger partial charge in [0.1, 0.15) is 5.84 Å². The molecule has 2 aliphatic carbocycles. The van der Waals surface area contributed by atoms with Crippen LogP contribution >= 0.6 is 0 Å². The van der Waals surface area contributed by atoms with E-state index >= 15 is 0 Å². The Morgan fingerprint density at radius 3 is 2.25 bits per heavy atom. The van der Waals surface area contributed by atoms with Crippen molar-refractivity contribution in [2.45, 2.75) is 70.3 Å². The quantitative estimate of drug-likeness (QED) is 0.334. The Hall–Kier alpha value is -0.570. The number of hydrazine groups is 1. The van der Waals surface area contributed by atoms with Gasteiger partial charge in [0, 0.05) is 6.42 Å². The maximum absolute atomic E-state index is 5.59. The van der Waals surface area contributed by atoms with E-state index in [-0.39, 0.29) is 0 Å². The molecule has 0 aromatic heterocycles. The van der Waals surface area contributed by atoms with Crippen molar-refractivity contribution in [1.29, 1.82) is 0 Å². The van der Waals surface area contributed by atoms with Crippen LogP contribution in [0.1, 0.15) is 64.2 Å². The fourth-order valence-electron chi connectivity index (χ4n) is 3.07. The summed E-state index contributed by atoms with van der Waals surface area (Å²) in [5.74, 6) is 7.47.